The summed E-state index contributed by atoms with van der Waals surface area (Å²) in [7, 11) is 1.76. The van der Waals surface area contributed by atoms with Crippen molar-refractivity contribution in [2.45, 2.75) is 71.4 Å². The average molecular weight is 399 g/mol. The van der Waals surface area contributed by atoms with Gasteiger partial charge in [0.25, 0.3) is 0 Å². The van der Waals surface area contributed by atoms with Crippen LogP contribution in [0.15, 0.2) is 10.7 Å². The van der Waals surface area contributed by atoms with E-state index < -0.39 is 0 Å². The first-order valence-corrected chi connectivity index (χ1v) is 10.6. The van der Waals surface area contributed by atoms with Crippen LogP contribution in [-0.2, 0) is 9.53 Å². The molecule has 1 amide bonds. The molecule has 156 valence electrons. The van der Waals surface area contributed by atoms with Crippen LogP contribution in [-0.4, -0.2) is 45.7 Å². The van der Waals surface area contributed by atoms with E-state index in [9.17, 15) is 4.79 Å². The number of hydrogen-bond donors (Lipinski definition) is 0. The molecule has 0 unspecified atom stereocenters. The molecule has 0 aromatic carbocycles. The maximum Gasteiger partial charge on any atom is 0.226 e. The quantitative estimate of drug-likeness (QED) is 0.776. The van der Waals surface area contributed by atoms with E-state index in [1.165, 1.54) is 0 Å². The van der Waals surface area contributed by atoms with Crippen molar-refractivity contribution in [1.29, 1.82) is 0 Å². The van der Waals surface area contributed by atoms with Crippen molar-refractivity contribution in [3.8, 4) is 11.3 Å². The molecule has 2 aliphatic rings. The molecule has 1 saturated heterocycles. The van der Waals surface area contributed by atoms with E-state index in [0.29, 0.717) is 17.7 Å². The number of amides is 1. The molecular formula is C22H30N4O3. The smallest absolute Gasteiger partial charge is 0.226 e. The summed E-state index contributed by atoms with van der Waals surface area (Å²) in [5, 5.41) is 4.10. The molecule has 1 aliphatic heterocycles. The number of likely N-dealkylation sites (tertiary alicyclic amines) is 1. The van der Waals surface area contributed by atoms with Crippen LogP contribution in [0.3, 0.4) is 0 Å². The molecule has 0 N–H and O–H groups in total. The summed E-state index contributed by atoms with van der Waals surface area (Å²) in [6.07, 6.45) is 7.72. The van der Waals surface area contributed by atoms with Crippen LogP contribution in [0.1, 0.15) is 67.3 Å². The number of rotatable bonds is 4. The second-order valence-electron chi connectivity index (χ2n) is 8.34. The van der Waals surface area contributed by atoms with Crippen LogP contribution in [0.4, 0.5) is 0 Å². The summed E-state index contributed by atoms with van der Waals surface area (Å²) in [6, 6.07) is -0.0378. The molecule has 1 aliphatic carbocycles. The summed E-state index contributed by atoms with van der Waals surface area (Å²) < 4.78 is 11.1. The molecule has 7 nitrogen and oxygen atoms in total. The Kier molecular flexibility index (Phi) is 5.67. The Labute approximate surface area is 171 Å². The van der Waals surface area contributed by atoms with Gasteiger partial charge < -0.3 is 14.2 Å². The van der Waals surface area contributed by atoms with Gasteiger partial charge in [0.15, 0.2) is 5.76 Å². The van der Waals surface area contributed by atoms with Crippen LogP contribution >= 0.6 is 0 Å². The first-order valence-electron chi connectivity index (χ1n) is 10.6. The lowest BCUT2D eigenvalue weighted by molar-refractivity contribution is -0.138. The summed E-state index contributed by atoms with van der Waals surface area (Å²) >= 11 is 0. The summed E-state index contributed by atoms with van der Waals surface area (Å²) in [6.45, 7) is 6.60. The Morgan fingerprint density at radius 2 is 1.93 bits per heavy atom. The van der Waals surface area contributed by atoms with E-state index in [2.05, 4.69) is 10.1 Å². The number of ether oxygens (including phenoxy) is 1. The SMILES string of the molecule is COC1CCC(C(=O)N2CCC[C@H]2c2nc(C)ncc2-c2onc(C)c2C)CC1. The standard InChI is InChI=1S/C22H30N4O3/c1-13-14(2)25-29-21(13)18-12-23-15(3)24-20(18)19-6-5-11-26(19)22(27)16-7-9-17(28-4)10-8-16/h12,16-17,19H,5-11H2,1-4H3/t16?,17?,19-/m0/s1. The molecule has 2 aromatic heterocycles. The fraction of sp³-hybridized carbons (Fsp3) is 0.636. The zero-order valence-corrected chi connectivity index (χ0v) is 17.8. The number of carbonyl (C=O) groups excluding carboxylic acids is 1. The number of aryl methyl sites for hydroxylation is 2. The van der Waals surface area contributed by atoms with Gasteiger partial charge in [0.2, 0.25) is 5.91 Å². The molecule has 0 radical (unpaired) electrons. The number of nitrogens with zero attached hydrogens (tertiary/aromatic N) is 4. The molecule has 2 aromatic rings. The van der Waals surface area contributed by atoms with E-state index in [-0.39, 0.29) is 17.9 Å². The second kappa shape index (κ2) is 8.22. The first-order chi connectivity index (χ1) is 14.0. The minimum Gasteiger partial charge on any atom is -0.381 e. The number of aromatic nitrogens is 3. The molecule has 7 heteroatoms. The van der Waals surface area contributed by atoms with Gasteiger partial charge in [0.05, 0.1) is 29.1 Å². The summed E-state index contributed by atoms with van der Waals surface area (Å²) in [5.41, 5.74) is 3.59. The van der Waals surface area contributed by atoms with Crippen molar-refractivity contribution in [3.05, 3.63) is 29.0 Å². The fourth-order valence-corrected chi connectivity index (χ4v) is 4.68. The lowest BCUT2D eigenvalue weighted by Gasteiger charge is -2.33. The van der Waals surface area contributed by atoms with Crippen LogP contribution in [0.25, 0.3) is 11.3 Å². The largest absolute Gasteiger partial charge is 0.381 e. The van der Waals surface area contributed by atoms with Gasteiger partial charge >= 0.3 is 0 Å². The maximum atomic E-state index is 13.4. The Balaban J connectivity index is 1.63. The Morgan fingerprint density at radius 3 is 2.59 bits per heavy atom. The van der Waals surface area contributed by atoms with Gasteiger partial charge in [-0.05, 0) is 59.3 Å². The fourth-order valence-electron chi connectivity index (χ4n) is 4.68. The summed E-state index contributed by atoms with van der Waals surface area (Å²) in [4.78, 5) is 24.6. The van der Waals surface area contributed by atoms with Crippen LogP contribution in [0.5, 0.6) is 0 Å². The van der Waals surface area contributed by atoms with Crippen molar-refractivity contribution >= 4 is 5.91 Å². The molecular weight excluding hydrogens is 368 g/mol. The molecule has 4 rings (SSSR count). The van der Waals surface area contributed by atoms with E-state index >= 15 is 0 Å². The van der Waals surface area contributed by atoms with Crippen molar-refractivity contribution in [1.82, 2.24) is 20.0 Å². The minimum atomic E-state index is -0.0378. The molecule has 0 spiro atoms. The maximum absolute atomic E-state index is 13.4. The third kappa shape index (κ3) is 3.80. The third-order valence-corrected chi connectivity index (χ3v) is 6.55. The number of methoxy groups -OCH3 is 1. The second-order valence-corrected chi connectivity index (χ2v) is 8.34. The van der Waals surface area contributed by atoms with Gasteiger partial charge in [0, 0.05) is 31.3 Å². The van der Waals surface area contributed by atoms with Crippen molar-refractivity contribution < 1.29 is 14.1 Å². The zero-order valence-electron chi connectivity index (χ0n) is 17.8. The highest BCUT2D eigenvalue weighted by atomic mass is 16.5. The molecule has 0 bridgehead atoms. The molecule has 1 saturated carbocycles. The minimum absolute atomic E-state index is 0.0378. The third-order valence-electron chi connectivity index (χ3n) is 6.55. The van der Waals surface area contributed by atoms with Crippen molar-refractivity contribution in [2.75, 3.05) is 13.7 Å². The van der Waals surface area contributed by atoms with Gasteiger partial charge in [-0.1, -0.05) is 5.16 Å². The van der Waals surface area contributed by atoms with E-state index in [1.807, 2.05) is 31.9 Å². The average Bonchev–Trinajstić information content (AvgIpc) is 3.35. The van der Waals surface area contributed by atoms with Crippen LogP contribution in [0.2, 0.25) is 0 Å². The van der Waals surface area contributed by atoms with E-state index in [4.69, 9.17) is 14.2 Å². The predicted octanol–water partition coefficient (Wildman–Crippen LogP) is 3.93. The predicted molar refractivity (Wildman–Crippen MR) is 108 cm³/mol. The van der Waals surface area contributed by atoms with Crippen LogP contribution in [0, 0.1) is 26.7 Å². The first kappa shape index (κ1) is 20.0. The highest BCUT2D eigenvalue weighted by molar-refractivity contribution is 5.80. The molecule has 2 fully saturated rings. The van der Waals surface area contributed by atoms with Crippen molar-refractivity contribution in [2.24, 2.45) is 5.92 Å². The zero-order chi connectivity index (χ0) is 20.5. The number of hydrogen-bond acceptors (Lipinski definition) is 6. The molecule has 1 atom stereocenters. The Morgan fingerprint density at radius 1 is 1.17 bits per heavy atom. The molecule has 29 heavy (non-hydrogen) atoms. The number of carbonyl (C=O) groups is 1. The highest BCUT2D eigenvalue weighted by Crippen LogP contribution is 2.40. The van der Waals surface area contributed by atoms with E-state index in [1.54, 1.807) is 7.11 Å². The van der Waals surface area contributed by atoms with Crippen molar-refractivity contribution in [3.63, 3.8) is 0 Å². The molecule has 3 heterocycles. The highest BCUT2D eigenvalue weighted by Gasteiger charge is 2.38. The Hall–Kier alpha value is -2.28. The monoisotopic (exact) mass is 398 g/mol. The van der Waals surface area contributed by atoms with Gasteiger partial charge in [-0.25, -0.2) is 9.97 Å². The van der Waals surface area contributed by atoms with Gasteiger partial charge in [-0.3, -0.25) is 4.79 Å². The van der Waals surface area contributed by atoms with Gasteiger partial charge in [0.1, 0.15) is 5.82 Å². The van der Waals surface area contributed by atoms with Gasteiger partial charge in [-0.2, -0.15) is 0 Å². The topological polar surface area (TPSA) is 81.4 Å². The van der Waals surface area contributed by atoms with Gasteiger partial charge in [-0.15, -0.1) is 0 Å². The lowest BCUT2D eigenvalue weighted by Crippen LogP contribution is -2.38. The Bertz CT molecular complexity index is 886. The lowest BCUT2D eigenvalue weighted by atomic mass is 9.86. The van der Waals surface area contributed by atoms with Crippen LogP contribution < -0.4 is 0 Å². The normalized spacial score (nSPS) is 24.8. The summed E-state index contributed by atoms with van der Waals surface area (Å²) in [5.74, 6) is 1.76. The van der Waals surface area contributed by atoms with E-state index in [0.717, 1.165) is 67.6 Å².